The van der Waals surface area contributed by atoms with Crippen molar-refractivity contribution in [2.24, 2.45) is 5.10 Å². The minimum Gasteiger partial charge on any atom is -0.493 e. The molecule has 1 rings (SSSR count). The number of amides is 1. The number of rotatable bonds is 7. The van der Waals surface area contributed by atoms with Crippen LogP contribution in [0.15, 0.2) is 23.3 Å². The first-order chi connectivity index (χ1) is 10.1. The molecule has 114 valence electrons. The predicted molar refractivity (Wildman–Crippen MR) is 73.9 cm³/mol. The number of nitrogens with zero attached hydrogens (tertiary/aromatic N) is 1. The number of carboxylic acid groups (broad SMARTS) is 1. The van der Waals surface area contributed by atoms with Crippen LogP contribution in [0.4, 0.5) is 4.79 Å². The van der Waals surface area contributed by atoms with Crippen LogP contribution in [0.25, 0.3) is 0 Å². The third-order valence-electron chi connectivity index (χ3n) is 2.18. The quantitative estimate of drug-likeness (QED) is 0.579. The number of carboxylic acids is 1. The van der Waals surface area contributed by atoms with E-state index in [0.29, 0.717) is 17.1 Å². The highest BCUT2D eigenvalue weighted by Crippen LogP contribution is 2.27. The van der Waals surface area contributed by atoms with Gasteiger partial charge in [0.05, 0.1) is 19.9 Å². The highest BCUT2D eigenvalue weighted by molar-refractivity contribution is 5.82. The van der Waals surface area contributed by atoms with Crippen molar-refractivity contribution in [3.05, 3.63) is 23.8 Å². The van der Waals surface area contributed by atoms with Gasteiger partial charge in [-0.2, -0.15) is 5.10 Å². The van der Waals surface area contributed by atoms with Gasteiger partial charge in [-0.15, -0.1) is 0 Å². The second-order valence-electron chi connectivity index (χ2n) is 3.68. The van der Waals surface area contributed by atoms with Gasteiger partial charge in [0.2, 0.25) is 0 Å². The lowest BCUT2D eigenvalue weighted by atomic mass is 10.2. The number of carbonyl (C=O) groups is 2. The topological polar surface area (TPSA) is 106 Å². The maximum Gasteiger partial charge on any atom is 0.427 e. The van der Waals surface area contributed by atoms with Crippen molar-refractivity contribution in [3.63, 3.8) is 0 Å². The highest BCUT2D eigenvalue weighted by atomic mass is 16.6. The maximum absolute atomic E-state index is 11.0. The van der Waals surface area contributed by atoms with Crippen molar-refractivity contribution in [1.82, 2.24) is 5.43 Å². The summed E-state index contributed by atoms with van der Waals surface area (Å²) < 4.78 is 14.8. The number of carbonyl (C=O) groups excluding carboxylic acids is 1. The monoisotopic (exact) mass is 296 g/mol. The Morgan fingerprint density at radius 3 is 2.76 bits per heavy atom. The standard InChI is InChI=1S/C13H16N2O6/c1-3-20-13(18)15-14-7-9-4-5-10(11(6-9)19-2)21-8-12(16)17/h4-7H,3,8H2,1-2H3,(H,15,18)(H,16,17)/b14-7-. The highest BCUT2D eigenvalue weighted by Gasteiger charge is 2.07. The molecule has 0 aliphatic heterocycles. The summed E-state index contributed by atoms with van der Waals surface area (Å²) in [4.78, 5) is 21.5. The molecule has 0 bridgehead atoms. The van der Waals surface area contributed by atoms with Crippen LogP contribution < -0.4 is 14.9 Å². The molecule has 21 heavy (non-hydrogen) atoms. The molecule has 0 fully saturated rings. The van der Waals surface area contributed by atoms with E-state index in [1.165, 1.54) is 13.3 Å². The third-order valence-corrected chi connectivity index (χ3v) is 2.18. The van der Waals surface area contributed by atoms with Gasteiger partial charge in [-0.25, -0.2) is 15.0 Å². The number of hydrogen-bond acceptors (Lipinski definition) is 6. The summed E-state index contributed by atoms with van der Waals surface area (Å²) in [5, 5.41) is 12.3. The third kappa shape index (κ3) is 5.81. The van der Waals surface area contributed by atoms with E-state index in [1.54, 1.807) is 25.1 Å². The Balaban J connectivity index is 2.70. The SMILES string of the molecule is CCOC(=O)N/N=C\c1ccc(OCC(=O)O)c(OC)c1. The van der Waals surface area contributed by atoms with Crippen LogP contribution in [0.5, 0.6) is 11.5 Å². The summed E-state index contributed by atoms with van der Waals surface area (Å²) in [6.45, 7) is 1.48. The fourth-order valence-corrected chi connectivity index (χ4v) is 1.35. The molecular weight excluding hydrogens is 280 g/mol. The molecule has 8 nitrogen and oxygen atoms in total. The van der Waals surface area contributed by atoms with Gasteiger partial charge in [0, 0.05) is 0 Å². The van der Waals surface area contributed by atoms with Crippen LogP contribution in [-0.2, 0) is 9.53 Å². The minimum atomic E-state index is -1.08. The van der Waals surface area contributed by atoms with E-state index in [2.05, 4.69) is 15.3 Å². The molecule has 8 heteroatoms. The first kappa shape index (κ1) is 16.3. The molecule has 0 radical (unpaired) electrons. The molecule has 0 aliphatic carbocycles. The Hall–Kier alpha value is -2.77. The van der Waals surface area contributed by atoms with Crippen LogP contribution in [0.3, 0.4) is 0 Å². The van der Waals surface area contributed by atoms with Gasteiger partial charge in [0.15, 0.2) is 18.1 Å². The first-order valence-corrected chi connectivity index (χ1v) is 6.05. The largest absolute Gasteiger partial charge is 0.493 e. The van der Waals surface area contributed by atoms with Crippen molar-refractivity contribution < 1.29 is 28.9 Å². The fourth-order valence-electron chi connectivity index (χ4n) is 1.35. The molecule has 0 heterocycles. The smallest absolute Gasteiger partial charge is 0.427 e. The van der Waals surface area contributed by atoms with Crippen molar-refractivity contribution in [2.75, 3.05) is 20.3 Å². The van der Waals surface area contributed by atoms with E-state index >= 15 is 0 Å². The summed E-state index contributed by atoms with van der Waals surface area (Å²) in [6.07, 6.45) is 0.738. The molecule has 2 N–H and O–H groups in total. The van der Waals surface area contributed by atoms with Gasteiger partial charge < -0.3 is 19.3 Å². The van der Waals surface area contributed by atoms with Crippen molar-refractivity contribution in [3.8, 4) is 11.5 Å². The zero-order chi connectivity index (χ0) is 15.7. The second kappa shape index (κ2) is 8.41. The van der Waals surface area contributed by atoms with Gasteiger partial charge in [-0.3, -0.25) is 0 Å². The van der Waals surface area contributed by atoms with Gasteiger partial charge in [0.1, 0.15) is 0 Å². The minimum absolute atomic E-state index is 0.255. The lowest BCUT2D eigenvalue weighted by Gasteiger charge is -2.09. The van der Waals surface area contributed by atoms with E-state index in [9.17, 15) is 9.59 Å². The number of ether oxygens (including phenoxy) is 3. The summed E-state index contributed by atoms with van der Waals surface area (Å²) in [5.41, 5.74) is 2.81. The summed E-state index contributed by atoms with van der Waals surface area (Å²) >= 11 is 0. The summed E-state index contributed by atoms with van der Waals surface area (Å²) in [7, 11) is 1.43. The molecule has 0 unspecified atom stereocenters. The van der Waals surface area contributed by atoms with E-state index in [-0.39, 0.29) is 6.61 Å². The summed E-state index contributed by atoms with van der Waals surface area (Å²) in [5.74, 6) is -0.423. The van der Waals surface area contributed by atoms with Gasteiger partial charge >= 0.3 is 12.1 Å². The Kier molecular flexibility index (Phi) is 6.52. The molecule has 0 saturated heterocycles. The predicted octanol–water partition coefficient (Wildman–Crippen LogP) is 1.24. The number of hydrogen-bond donors (Lipinski definition) is 2. The molecular formula is C13H16N2O6. The lowest BCUT2D eigenvalue weighted by molar-refractivity contribution is -0.139. The van der Waals surface area contributed by atoms with E-state index < -0.39 is 18.7 Å². The first-order valence-electron chi connectivity index (χ1n) is 6.05. The number of nitrogens with one attached hydrogen (secondary N) is 1. The van der Waals surface area contributed by atoms with Crippen LogP contribution >= 0.6 is 0 Å². The molecule has 1 aromatic carbocycles. The van der Waals surface area contributed by atoms with E-state index in [1.807, 2.05) is 0 Å². The number of methoxy groups -OCH3 is 1. The average Bonchev–Trinajstić information content (AvgIpc) is 2.45. The molecule has 0 spiro atoms. The molecule has 1 aromatic rings. The molecule has 0 saturated carbocycles. The Labute approximate surface area is 121 Å². The summed E-state index contributed by atoms with van der Waals surface area (Å²) in [6, 6.07) is 4.77. The molecule has 0 atom stereocenters. The second-order valence-corrected chi connectivity index (χ2v) is 3.68. The van der Waals surface area contributed by atoms with Crippen LogP contribution in [-0.4, -0.2) is 43.7 Å². The zero-order valence-electron chi connectivity index (χ0n) is 11.7. The van der Waals surface area contributed by atoms with Crippen LogP contribution in [0.1, 0.15) is 12.5 Å². The molecule has 0 aliphatic rings. The molecule has 0 aromatic heterocycles. The van der Waals surface area contributed by atoms with Crippen molar-refractivity contribution in [1.29, 1.82) is 0 Å². The lowest BCUT2D eigenvalue weighted by Crippen LogP contribution is -2.18. The Morgan fingerprint density at radius 2 is 2.14 bits per heavy atom. The van der Waals surface area contributed by atoms with E-state index in [4.69, 9.17) is 14.6 Å². The number of aliphatic carboxylic acids is 1. The fraction of sp³-hybridized carbons (Fsp3) is 0.308. The van der Waals surface area contributed by atoms with Crippen LogP contribution in [0, 0.1) is 0 Å². The number of benzene rings is 1. The normalized spacial score (nSPS) is 10.2. The van der Waals surface area contributed by atoms with Gasteiger partial charge in [-0.1, -0.05) is 0 Å². The Bertz CT molecular complexity index is 529. The zero-order valence-corrected chi connectivity index (χ0v) is 11.7. The van der Waals surface area contributed by atoms with Gasteiger partial charge in [-0.05, 0) is 30.7 Å². The van der Waals surface area contributed by atoms with E-state index in [0.717, 1.165) is 0 Å². The number of hydrazone groups is 1. The maximum atomic E-state index is 11.0. The van der Waals surface area contributed by atoms with Gasteiger partial charge in [0.25, 0.3) is 0 Å². The van der Waals surface area contributed by atoms with Crippen molar-refractivity contribution in [2.45, 2.75) is 6.92 Å². The average molecular weight is 296 g/mol. The van der Waals surface area contributed by atoms with Crippen LogP contribution in [0.2, 0.25) is 0 Å². The molecule has 1 amide bonds. The Morgan fingerprint density at radius 1 is 1.38 bits per heavy atom. The van der Waals surface area contributed by atoms with Crippen molar-refractivity contribution >= 4 is 18.3 Å².